The highest BCUT2D eigenvalue weighted by Gasteiger charge is 2.38. The number of likely N-dealkylation sites (tertiary alicyclic amines) is 1. The lowest BCUT2D eigenvalue weighted by atomic mass is 9.96. The molecule has 144 valence electrons. The Balaban J connectivity index is 1.64. The molecule has 0 aromatic carbocycles. The maximum Gasteiger partial charge on any atom is 0.371 e. The van der Waals surface area contributed by atoms with Crippen molar-refractivity contribution >= 4 is 21.9 Å². The molecule has 26 heavy (non-hydrogen) atoms. The highest BCUT2D eigenvalue weighted by Crippen LogP contribution is 2.29. The predicted molar refractivity (Wildman–Crippen MR) is 92.1 cm³/mol. The summed E-state index contributed by atoms with van der Waals surface area (Å²) in [5.74, 6) is -1.28. The van der Waals surface area contributed by atoms with E-state index in [1.807, 2.05) is 4.90 Å². The number of carboxylic acid groups (broad SMARTS) is 1. The minimum atomic E-state index is -3.88. The lowest BCUT2D eigenvalue weighted by Gasteiger charge is -2.33. The molecule has 2 aliphatic heterocycles. The quantitative estimate of drug-likeness (QED) is 0.845. The van der Waals surface area contributed by atoms with Crippen molar-refractivity contribution in [1.82, 2.24) is 9.21 Å². The summed E-state index contributed by atoms with van der Waals surface area (Å²) in [4.78, 5) is 25.5. The molecule has 2 atom stereocenters. The number of carbonyl (C=O) groups excluding carboxylic acids is 1. The SMILES string of the molecule is CC1CC(C)N(C(=O)C2CCN(S(=O)(=O)c3ccc(C(=O)O)o3)CC2)C1. The normalized spacial score (nSPS) is 25.5. The highest BCUT2D eigenvalue weighted by molar-refractivity contribution is 7.89. The zero-order valence-electron chi connectivity index (χ0n) is 14.9. The number of nitrogens with zero attached hydrogens (tertiary/aromatic N) is 2. The molecular formula is C17H24N2O6S. The largest absolute Gasteiger partial charge is 0.475 e. The Morgan fingerprint density at radius 2 is 1.85 bits per heavy atom. The number of sulfonamides is 1. The van der Waals surface area contributed by atoms with Crippen LogP contribution in [0.3, 0.4) is 0 Å². The first-order valence-electron chi connectivity index (χ1n) is 8.84. The Labute approximate surface area is 152 Å². The van der Waals surface area contributed by atoms with Crippen LogP contribution in [0.2, 0.25) is 0 Å². The molecule has 8 nitrogen and oxygen atoms in total. The van der Waals surface area contributed by atoms with E-state index in [9.17, 15) is 18.0 Å². The molecule has 3 rings (SSSR count). The summed E-state index contributed by atoms with van der Waals surface area (Å²) in [6, 6.07) is 2.52. The summed E-state index contributed by atoms with van der Waals surface area (Å²) in [7, 11) is -3.88. The molecule has 1 aromatic rings. The zero-order chi connectivity index (χ0) is 19.1. The van der Waals surface area contributed by atoms with Gasteiger partial charge in [0.15, 0.2) is 0 Å². The van der Waals surface area contributed by atoms with Gasteiger partial charge in [-0.1, -0.05) is 6.92 Å². The third-order valence-corrected chi connectivity index (χ3v) is 7.03. The van der Waals surface area contributed by atoms with Gasteiger partial charge in [0.25, 0.3) is 10.0 Å². The van der Waals surface area contributed by atoms with Crippen LogP contribution in [0.1, 0.15) is 43.7 Å². The van der Waals surface area contributed by atoms with Crippen LogP contribution in [-0.4, -0.2) is 60.3 Å². The van der Waals surface area contributed by atoms with Crippen molar-refractivity contribution in [3.8, 4) is 0 Å². The summed E-state index contributed by atoms with van der Waals surface area (Å²) in [6.45, 7) is 5.40. The molecule has 0 spiro atoms. The Morgan fingerprint density at radius 3 is 2.35 bits per heavy atom. The number of carboxylic acids is 1. The van der Waals surface area contributed by atoms with E-state index in [4.69, 9.17) is 9.52 Å². The molecule has 2 aliphatic rings. The third kappa shape index (κ3) is 3.50. The van der Waals surface area contributed by atoms with E-state index in [0.29, 0.717) is 18.8 Å². The summed E-state index contributed by atoms with van der Waals surface area (Å²) in [5.41, 5.74) is 0. The fourth-order valence-electron chi connectivity index (χ4n) is 3.89. The molecule has 0 aliphatic carbocycles. The van der Waals surface area contributed by atoms with Crippen molar-refractivity contribution in [3.05, 3.63) is 17.9 Å². The zero-order valence-corrected chi connectivity index (χ0v) is 15.7. The third-order valence-electron chi connectivity index (χ3n) is 5.26. The molecule has 1 aromatic heterocycles. The number of piperidine rings is 1. The molecular weight excluding hydrogens is 360 g/mol. The first-order valence-corrected chi connectivity index (χ1v) is 10.3. The Bertz CT molecular complexity index is 794. The minimum absolute atomic E-state index is 0.116. The maximum absolute atomic E-state index is 12.7. The van der Waals surface area contributed by atoms with E-state index < -0.39 is 21.8 Å². The molecule has 2 fully saturated rings. The lowest BCUT2D eigenvalue weighted by Crippen LogP contribution is -2.45. The van der Waals surface area contributed by atoms with Crippen LogP contribution in [-0.2, 0) is 14.8 Å². The molecule has 3 heterocycles. The topological polar surface area (TPSA) is 108 Å². The number of hydrogen-bond acceptors (Lipinski definition) is 5. The average Bonchev–Trinajstić information content (AvgIpc) is 3.21. The van der Waals surface area contributed by atoms with E-state index in [1.165, 1.54) is 4.31 Å². The summed E-state index contributed by atoms with van der Waals surface area (Å²) in [6.07, 6.45) is 1.92. The van der Waals surface area contributed by atoms with Crippen LogP contribution in [0.4, 0.5) is 0 Å². The number of furan rings is 1. The van der Waals surface area contributed by atoms with E-state index in [1.54, 1.807) is 0 Å². The molecule has 0 bridgehead atoms. The second kappa shape index (κ2) is 7.03. The Kier molecular flexibility index (Phi) is 5.12. The van der Waals surface area contributed by atoms with Crippen LogP contribution in [0, 0.1) is 11.8 Å². The second-order valence-electron chi connectivity index (χ2n) is 7.28. The van der Waals surface area contributed by atoms with Crippen LogP contribution in [0.5, 0.6) is 0 Å². The van der Waals surface area contributed by atoms with Gasteiger partial charge in [-0.05, 0) is 44.2 Å². The minimum Gasteiger partial charge on any atom is -0.475 e. The van der Waals surface area contributed by atoms with Gasteiger partial charge in [-0.25, -0.2) is 13.2 Å². The Morgan fingerprint density at radius 1 is 1.19 bits per heavy atom. The van der Waals surface area contributed by atoms with Gasteiger partial charge in [0, 0.05) is 31.6 Å². The predicted octanol–water partition coefficient (Wildman–Crippen LogP) is 1.64. The first-order chi connectivity index (χ1) is 12.2. The van der Waals surface area contributed by atoms with E-state index in [-0.39, 0.29) is 36.0 Å². The van der Waals surface area contributed by atoms with Gasteiger partial charge in [-0.2, -0.15) is 4.31 Å². The number of hydrogen-bond donors (Lipinski definition) is 1. The monoisotopic (exact) mass is 384 g/mol. The smallest absolute Gasteiger partial charge is 0.371 e. The Hall–Kier alpha value is -1.87. The van der Waals surface area contributed by atoms with Crippen molar-refractivity contribution in [1.29, 1.82) is 0 Å². The second-order valence-corrected chi connectivity index (χ2v) is 9.15. The standard InChI is InChI=1S/C17H24N2O6S/c1-11-9-12(2)19(10-11)16(20)13-5-7-18(8-6-13)26(23,24)15-4-3-14(25-15)17(21)22/h3-4,11-13H,5-10H2,1-2H3,(H,21,22). The van der Waals surface area contributed by atoms with Crippen molar-refractivity contribution in [2.45, 2.75) is 44.2 Å². The van der Waals surface area contributed by atoms with Crippen LogP contribution >= 0.6 is 0 Å². The van der Waals surface area contributed by atoms with Gasteiger partial charge < -0.3 is 14.4 Å². The van der Waals surface area contributed by atoms with Crippen LogP contribution < -0.4 is 0 Å². The van der Waals surface area contributed by atoms with Crippen molar-refractivity contribution in [3.63, 3.8) is 0 Å². The van der Waals surface area contributed by atoms with Crippen LogP contribution in [0.15, 0.2) is 21.6 Å². The molecule has 0 saturated carbocycles. The van der Waals surface area contributed by atoms with Gasteiger partial charge in [0.05, 0.1) is 0 Å². The number of carbonyl (C=O) groups is 2. The van der Waals surface area contributed by atoms with Gasteiger partial charge in [-0.15, -0.1) is 0 Å². The highest BCUT2D eigenvalue weighted by atomic mass is 32.2. The summed E-state index contributed by atoms with van der Waals surface area (Å²) >= 11 is 0. The fraction of sp³-hybridized carbons (Fsp3) is 0.647. The molecule has 2 saturated heterocycles. The van der Waals surface area contributed by atoms with Gasteiger partial charge in [-0.3, -0.25) is 4.79 Å². The maximum atomic E-state index is 12.7. The lowest BCUT2D eigenvalue weighted by molar-refractivity contribution is -0.137. The van der Waals surface area contributed by atoms with Gasteiger partial charge >= 0.3 is 5.97 Å². The van der Waals surface area contributed by atoms with E-state index in [2.05, 4.69) is 13.8 Å². The summed E-state index contributed by atoms with van der Waals surface area (Å²) < 4.78 is 31.4. The average molecular weight is 384 g/mol. The van der Waals surface area contributed by atoms with Gasteiger partial charge in [0.2, 0.25) is 16.8 Å². The molecule has 9 heteroatoms. The van der Waals surface area contributed by atoms with E-state index >= 15 is 0 Å². The molecule has 1 N–H and O–H groups in total. The number of aromatic carboxylic acids is 1. The molecule has 1 amide bonds. The van der Waals surface area contributed by atoms with Crippen molar-refractivity contribution < 1.29 is 27.5 Å². The fourth-order valence-corrected chi connectivity index (χ4v) is 5.27. The molecule has 2 unspecified atom stereocenters. The van der Waals surface area contributed by atoms with Crippen molar-refractivity contribution in [2.24, 2.45) is 11.8 Å². The first kappa shape index (κ1) is 18.9. The van der Waals surface area contributed by atoms with Crippen LogP contribution in [0.25, 0.3) is 0 Å². The summed E-state index contributed by atoms with van der Waals surface area (Å²) in [5, 5.41) is 8.50. The number of rotatable bonds is 4. The van der Waals surface area contributed by atoms with Gasteiger partial charge in [0.1, 0.15) is 0 Å². The van der Waals surface area contributed by atoms with E-state index in [0.717, 1.165) is 25.1 Å². The van der Waals surface area contributed by atoms with Crippen molar-refractivity contribution in [2.75, 3.05) is 19.6 Å². The molecule has 0 radical (unpaired) electrons. The number of amides is 1.